The van der Waals surface area contributed by atoms with Crippen LogP contribution in [-0.2, 0) is 0 Å². The molecule has 106 valence electrons. The van der Waals surface area contributed by atoms with Crippen LogP contribution in [0.1, 0.15) is 40.0 Å². The van der Waals surface area contributed by atoms with Crippen molar-refractivity contribution in [3.63, 3.8) is 0 Å². The highest BCUT2D eigenvalue weighted by Crippen LogP contribution is 2.52. The third-order valence-corrected chi connectivity index (χ3v) is 4.75. The van der Waals surface area contributed by atoms with Gasteiger partial charge in [-0.3, -0.25) is 0 Å². The topological polar surface area (TPSA) is 52.7 Å². The summed E-state index contributed by atoms with van der Waals surface area (Å²) < 4.78 is 0. The van der Waals surface area contributed by atoms with Gasteiger partial charge in [0.05, 0.1) is 0 Å². The third kappa shape index (κ3) is 2.09. The van der Waals surface area contributed by atoms with E-state index in [0.29, 0.717) is 24.5 Å². The highest BCUT2D eigenvalue weighted by Gasteiger charge is 2.52. The van der Waals surface area contributed by atoms with Crippen LogP contribution in [0.25, 0.3) is 0 Å². The summed E-state index contributed by atoms with van der Waals surface area (Å²) in [7, 11) is 0. The fraction of sp³-hybridized carbons (Fsp3) is 0.857. The number of imide groups is 1. The molecule has 1 saturated carbocycles. The minimum Gasteiger partial charge on any atom is -0.336 e. The monoisotopic (exact) mass is 265 g/mol. The summed E-state index contributed by atoms with van der Waals surface area (Å²) in [6.07, 6.45) is 3.29. The lowest BCUT2D eigenvalue weighted by Crippen LogP contribution is -2.47. The molecule has 0 radical (unpaired) electrons. The van der Waals surface area contributed by atoms with Gasteiger partial charge in [-0.2, -0.15) is 0 Å². The maximum Gasteiger partial charge on any atom is 0.328 e. The van der Waals surface area contributed by atoms with Gasteiger partial charge in [0.1, 0.15) is 0 Å². The Labute approximate surface area is 114 Å². The maximum atomic E-state index is 12.5. The van der Waals surface area contributed by atoms with Crippen LogP contribution < -0.4 is 5.32 Å². The molecule has 1 N–H and O–H groups in total. The number of nitrogens with zero attached hydrogens (tertiary/aromatic N) is 2. The molecule has 3 fully saturated rings. The predicted octanol–water partition coefficient (Wildman–Crippen LogP) is 2.03. The van der Waals surface area contributed by atoms with Crippen LogP contribution in [0.15, 0.2) is 0 Å². The van der Waals surface area contributed by atoms with Crippen molar-refractivity contribution >= 4 is 12.1 Å². The molecular formula is C14H23N3O2. The number of carbonyl (C=O) groups is 2. The van der Waals surface area contributed by atoms with Gasteiger partial charge in [-0.25, -0.2) is 14.5 Å². The Morgan fingerprint density at radius 2 is 2.05 bits per heavy atom. The maximum absolute atomic E-state index is 12.5. The Hall–Kier alpha value is -1.26. The number of urea groups is 2. The van der Waals surface area contributed by atoms with Gasteiger partial charge < -0.3 is 10.2 Å². The molecule has 3 aliphatic rings. The Morgan fingerprint density at radius 1 is 1.32 bits per heavy atom. The van der Waals surface area contributed by atoms with Gasteiger partial charge >= 0.3 is 12.1 Å². The molecule has 2 saturated heterocycles. The smallest absolute Gasteiger partial charge is 0.328 e. The molecular weight excluding hydrogens is 242 g/mol. The van der Waals surface area contributed by atoms with Crippen LogP contribution in [0, 0.1) is 10.8 Å². The summed E-state index contributed by atoms with van der Waals surface area (Å²) in [6, 6.07) is -0.0352. The van der Waals surface area contributed by atoms with E-state index >= 15 is 0 Å². The van der Waals surface area contributed by atoms with Crippen LogP contribution in [0.2, 0.25) is 0 Å². The van der Waals surface area contributed by atoms with Crippen molar-refractivity contribution in [2.45, 2.75) is 46.1 Å². The first-order valence-electron chi connectivity index (χ1n) is 7.16. The second-order valence-corrected chi connectivity index (χ2v) is 7.51. The van der Waals surface area contributed by atoms with Crippen molar-refractivity contribution in [2.75, 3.05) is 19.6 Å². The number of rotatable bonds is 0. The lowest BCUT2D eigenvalue weighted by Gasteiger charge is -2.39. The second-order valence-electron chi connectivity index (χ2n) is 7.51. The largest absolute Gasteiger partial charge is 0.336 e. The zero-order valence-corrected chi connectivity index (χ0v) is 12.0. The normalized spacial score (nSPS) is 36.6. The Bertz CT molecular complexity index is 434. The first-order chi connectivity index (χ1) is 8.80. The summed E-state index contributed by atoms with van der Waals surface area (Å²) in [6.45, 7) is 8.72. The van der Waals surface area contributed by atoms with Gasteiger partial charge in [0.15, 0.2) is 0 Å². The fourth-order valence-corrected chi connectivity index (χ4v) is 4.49. The van der Waals surface area contributed by atoms with Crippen LogP contribution in [0.3, 0.4) is 0 Å². The predicted molar refractivity (Wildman–Crippen MR) is 71.7 cm³/mol. The fourth-order valence-electron chi connectivity index (χ4n) is 4.49. The molecule has 2 atom stereocenters. The van der Waals surface area contributed by atoms with E-state index in [9.17, 15) is 9.59 Å². The van der Waals surface area contributed by atoms with Gasteiger partial charge in [-0.15, -0.1) is 0 Å². The number of fused-ring (bicyclic) bond motifs is 2. The van der Waals surface area contributed by atoms with E-state index in [1.165, 1.54) is 4.90 Å². The zero-order chi connectivity index (χ0) is 13.8. The quantitative estimate of drug-likeness (QED) is 0.728. The Morgan fingerprint density at radius 3 is 2.68 bits per heavy atom. The van der Waals surface area contributed by atoms with Gasteiger partial charge in [0, 0.05) is 25.7 Å². The summed E-state index contributed by atoms with van der Waals surface area (Å²) in [5.41, 5.74) is 0.512. The molecule has 0 aromatic rings. The number of hydrogen-bond acceptors (Lipinski definition) is 2. The second kappa shape index (κ2) is 3.87. The van der Waals surface area contributed by atoms with Crippen molar-refractivity contribution in [2.24, 2.45) is 10.8 Å². The number of hydrogen-bond donors (Lipinski definition) is 1. The summed E-state index contributed by atoms with van der Waals surface area (Å²) >= 11 is 0. The molecule has 0 unspecified atom stereocenters. The number of amides is 4. The van der Waals surface area contributed by atoms with Gasteiger partial charge in [0.2, 0.25) is 0 Å². The molecule has 2 bridgehead atoms. The van der Waals surface area contributed by atoms with Crippen LogP contribution in [0.4, 0.5) is 9.59 Å². The molecule has 5 heteroatoms. The van der Waals surface area contributed by atoms with E-state index < -0.39 is 0 Å². The van der Waals surface area contributed by atoms with Gasteiger partial charge in [-0.1, -0.05) is 20.8 Å². The molecule has 0 aromatic carbocycles. The molecule has 2 heterocycles. The van der Waals surface area contributed by atoms with Gasteiger partial charge in [0.25, 0.3) is 0 Å². The number of nitrogens with one attached hydrogen (secondary N) is 1. The van der Waals surface area contributed by atoms with Crippen molar-refractivity contribution in [3.05, 3.63) is 0 Å². The van der Waals surface area contributed by atoms with Crippen molar-refractivity contribution < 1.29 is 9.59 Å². The van der Waals surface area contributed by atoms with Crippen LogP contribution in [0.5, 0.6) is 0 Å². The van der Waals surface area contributed by atoms with E-state index in [-0.39, 0.29) is 17.5 Å². The minimum atomic E-state index is -0.240. The first-order valence-corrected chi connectivity index (χ1v) is 7.16. The van der Waals surface area contributed by atoms with E-state index in [1.807, 2.05) is 4.90 Å². The summed E-state index contributed by atoms with van der Waals surface area (Å²) in [5.74, 6) is 0. The molecule has 19 heavy (non-hydrogen) atoms. The SMILES string of the molecule is CC1(C)C[C@H]2C[C@](C)(CN2C(=O)N2CCNC2=O)C1. The first kappa shape index (κ1) is 12.8. The van der Waals surface area contributed by atoms with E-state index in [4.69, 9.17) is 0 Å². The molecule has 0 spiro atoms. The lowest BCUT2D eigenvalue weighted by atomic mass is 9.65. The molecule has 5 nitrogen and oxygen atoms in total. The minimum absolute atomic E-state index is 0.0959. The van der Waals surface area contributed by atoms with Gasteiger partial charge in [-0.05, 0) is 30.1 Å². The van der Waals surface area contributed by atoms with E-state index in [0.717, 1.165) is 25.8 Å². The van der Waals surface area contributed by atoms with Crippen LogP contribution >= 0.6 is 0 Å². The van der Waals surface area contributed by atoms with Crippen molar-refractivity contribution in [1.29, 1.82) is 0 Å². The standard InChI is InChI=1S/C14H23N3O2/c1-13(2)6-10-7-14(3,8-13)9-17(10)12(19)16-5-4-15-11(16)18/h10H,4-9H2,1-3H3,(H,15,18)/t10-,14-/m0/s1. The van der Waals surface area contributed by atoms with E-state index in [1.54, 1.807) is 0 Å². The lowest BCUT2D eigenvalue weighted by molar-refractivity contribution is 0.125. The average Bonchev–Trinajstić information content (AvgIpc) is 2.78. The summed E-state index contributed by atoms with van der Waals surface area (Å²) in [5, 5.41) is 2.70. The zero-order valence-electron chi connectivity index (χ0n) is 12.0. The molecule has 1 aliphatic carbocycles. The Kier molecular flexibility index (Phi) is 2.60. The van der Waals surface area contributed by atoms with Crippen LogP contribution in [-0.4, -0.2) is 47.5 Å². The molecule has 0 aromatic heterocycles. The Balaban J connectivity index is 1.80. The number of likely N-dealkylation sites (tertiary alicyclic amines) is 1. The summed E-state index contributed by atoms with van der Waals surface area (Å²) in [4.78, 5) is 27.5. The molecule has 2 aliphatic heterocycles. The highest BCUT2D eigenvalue weighted by molar-refractivity contribution is 5.95. The van der Waals surface area contributed by atoms with Crippen molar-refractivity contribution in [1.82, 2.24) is 15.1 Å². The van der Waals surface area contributed by atoms with Crippen molar-refractivity contribution in [3.8, 4) is 0 Å². The van der Waals surface area contributed by atoms with E-state index in [2.05, 4.69) is 26.1 Å². The molecule has 4 amide bonds. The molecule has 3 rings (SSSR count). The number of carbonyl (C=O) groups excluding carboxylic acids is 2. The average molecular weight is 265 g/mol. The third-order valence-electron chi connectivity index (χ3n) is 4.75. The highest BCUT2D eigenvalue weighted by atomic mass is 16.2.